The smallest absolute Gasteiger partial charge is 0.152 e. The first-order chi connectivity index (χ1) is 7.79. The Kier molecular flexibility index (Phi) is 3.27. The van der Waals surface area contributed by atoms with Crippen molar-refractivity contribution in [3.05, 3.63) is 54.1 Å². The molecule has 0 unspecified atom stereocenters. The van der Waals surface area contributed by atoms with Gasteiger partial charge >= 0.3 is 0 Å². The van der Waals surface area contributed by atoms with Crippen LogP contribution in [0.3, 0.4) is 0 Å². The number of hydrogen-bond acceptors (Lipinski definition) is 3. The first-order valence-corrected chi connectivity index (χ1v) is 5.69. The van der Waals surface area contributed by atoms with Gasteiger partial charge < -0.3 is 5.73 Å². The summed E-state index contributed by atoms with van der Waals surface area (Å²) in [6, 6.07) is 15.5. The van der Waals surface area contributed by atoms with Crippen LogP contribution in [0, 0.1) is 0 Å². The highest BCUT2D eigenvalue weighted by atomic mass is 32.2. The molecule has 0 aromatic heterocycles. The van der Waals surface area contributed by atoms with Crippen molar-refractivity contribution in [2.24, 2.45) is 0 Å². The Labute approximate surface area is 98.5 Å². The molecule has 0 radical (unpaired) electrons. The van der Waals surface area contributed by atoms with E-state index in [0.717, 1.165) is 16.1 Å². The summed E-state index contributed by atoms with van der Waals surface area (Å²) >= 11 is 1.63. The molecule has 0 aliphatic carbocycles. The van der Waals surface area contributed by atoms with Crippen LogP contribution in [-0.4, -0.2) is 6.29 Å². The normalized spacial score (nSPS) is 10.0. The average molecular weight is 229 g/mol. The lowest BCUT2D eigenvalue weighted by Gasteiger charge is -2.04. The number of carbonyl (C=O) groups excluding carboxylic acids is 1. The van der Waals surface area contributed by atoms with Gasteiger partial charge in [0.2, 0.25) is 0 Å². The molecule has 80 valence electrons. The summed E-state index contributed by atoms with van der Waals surface area (Å²) in [7, 11) is 0. The van der Waals surface area contributed by atoms with Gasteiger partial charge in [0.05, 0.1) is 0 Å². The molecule has 0 spiro atoms. The minimum absolute atomic E-state index is 0.524. The van der Waals surface area contributed by atoms with Crippen LogP contribution in [0.15, 0.2) is 58.3 Å². The van der Waals surface area contributed by atoms with Crippen LogP contribution in [0.1, 0.15) is 10.4 Å². The first kappa shape index (κ1) is 10.8. The number of anilines is 1. The molecule has 2 N–H and O–H groups in total. The zero-order valence-corrected chi connectivity index (χ0v) is 9.41. The molecule has 0 saturated heterocycles. The van der Waals surface area contributed by atoms with Crippen LogP contribution in [0.5, 0.6) is 0 Å². The van der Waals surface area contributed by atoms with Gasteiger partial charge in [-0.2, -0.15) is 0 Å². The van der Waals surface area contributed by atoms with Gasteiger partial charge in [0.15, 0.2) is 6.29 Å². The molecule has 0 atom stereocenters. The molecule has 0 aliphatic rings. The summed E-state index contributed by atoms with van der Waals surface area (Å²) in [5.41, 5.74) is 6.80. The molecule has 2 rings (SSSR count). The molecule has 2 aromatic carbocycles. The molecule has 0 aliphatic heterocycles. The summed E-state index contributed by atoms with van der Waals surface area (Å²) < 4.78 is 0. The van der Waals surface area contributed by atoms with Crippen molar-refractivity contribution in [3.63, 3.8) is 0 Å². The van der Waals surface area contributed by atoms with Crippen LogP contribution in [-0.2, 0) is 0 Å². The fourth-order valence-corrected chi connectivity index (χ4v) is 2.24. The molecular weight excluding hydrogens is 218 g/mol. The quantitative estimate of drug-likeness (QED) is 0.649. The molecule has 0 saturated carbocycles. The predicted octanol–water partition coefficient (Wildman–Crippen LogP) is 3.23. The van der Waals surface area contributed by atoms with Crippen LogP contribution in [0.2, 0.25) is 0 Å². The van der Waals surface area contributed by atoms with Crippen molar-refractivity contribution in [1.82, 2.24) is 0 Å². The molecule has 2 aromatic rings. The molecule has 3 heteroatoms. The third kappa shape index (κ3) is 2.44. The first-order valence-electron chi connectivity index (χ1n) is 4.87. The van der Waals surface area contributed by atoms with E-state index >= 15 is 0 Å². The minimum Gasteiger partial charge on any atom is -0.398 e. The Balaban J connectivity index is 2.23. The molecular formula is C13H11NOS. The fraction of sp³-hybridized carbons (Fsp3) is 0. The van der Waals surface area contributed by atoms with E-state index in [0.29, 0.717) is 11.3 Å². The summed E-state index contributed by atoms with van der Waals surface area (Å²) in [6.45, 7) is 0. The highest BCUT2D eigenvalue weighted by Gasteiger charge is 2.01. The lowest BCUT2D eigenvalue weighted by atomic mass is 10.2. The number of nitrogens with two attached hydrogens (primary N) is 1. The Morgan fingerprint density at radius 2 is 1.75 bits per heavy atom. The molecule has 0 fully saturated rings. The number of rotatable bonds is 3. The van der Waals surface area contributed by atoms with Gasteiger partial charge in [0.25, 0.3) is 0 Å². The van der Waals surface area contributed by atoms with Crippen molar-refractivity contribution < 1.29 is 4.79 Å². The van der Waals surface area contributed by atoms with Gasteiger partial charge in [-0.3, -0.25) is 4.79 Å². The monoisotopic (exact) mass is 229 g/mol. The van der Waals surface area contributed by atoms with Crippen molar-refractivity contribution in [2.45, 2.75) is 9.79 Å². The molecule has 0 heterocycles. The maximum atomic E-state index is 10.6. The van der Waals surface area contributed by atoms with Gasteiger partial charge in [-0.1, -0.05) is 30.0 Å². The zero-order valence-electron chi connectivity index (χ0n) is 8.59. The predicted molar refractivity (Wildman–Crippen MR) is 66.8 cm³/mol. The van der Waals surface area contributed by atoms with E-state index in [-0.39, 0.29) is 0 Å². The Hall–Kier alpha value is -1.74. The number of hydrogen-bond donors (Lipinski definition) is 1. The number of benzene rings is 2. The van der Waals surface area contributed by atoms with Crippen LogP contribution in [0.25, 0.3) is 0 Å². The van der Waals surface area contributed by atoms with E-state index in [4.69, 9.17) is 5.73 Å². The highest BCUT2D eigenvalue weighted by molar-refractivity contribution is 7.99. The second-order valence-electron chi connectivity index (χ2n) is 3.32. The second kappa shape index (κ2) is 4.86. The van der Waals surface area contributed by atoms with E-state index in [9.17, 15) is 4.79 Å². The Morgan fingerprint density at radius 1 is 1.00 bits per heavy atom. The van der Waals surface area contributed by atoms with Gasteiger partial charge in [0.1, 0.15) is 0 Å². The van der Waals surface area contributed by atoms with Gasteiger partial charge in [0, 0.05) is 21.0 Å². The standard InChI is InChI=1S/C13H11NOS/c14-13-8-12(7-6-10(13)9-15)16-11-4-2-1-3-5-11/h1-9H,14H2. The van der Waals surface area contributed by atoms with Crippen molar-refractivity contribution in [3.8, 4) is 0 Å². The molecule has 0 amide bonds. The van der Waals surface area contributed by atoms with E-state index < -0.39 is 0 Å². The van der Waals surface area contributed by atoms with E-state index in [1.807, 2.05) is 42.5 Å². The Bertz CT molecular complexity index is 497. The molecule has 16 heavy (non-hydrogen) atoms. The highest BCUT2D eigenvalue weighted by Crippen LogP contribution is 2.29. The number of nitrogen functional groups attached to an aromatic ring is 1. The maximum Gasteiger partial charge on any atom is 0.152 e. The molecule has 0 bridgehead atoms. The van der Waals surface area contributed by atoms with E-state index in [2.05, 4.69) is 0 Å². The third-order valence-electron chi connectivity index (χ3n) is 2.16. The summed E-state index contributed by atoms with van der Waals surface area (Å²) in [5, 5.41) is 0. The van der Waals surface area contributed by atoms with E-state index in [1.165, 1.54) is 0 Å². The van der Waals surface area contributed by atoms with Crippen molar-refractivity contribution in [2.75, 3.05) is 5.73 Å². The minimum atomic E-state index is 0.524. The van der Waals surface area contributed by atoms with Crippen molar-refractivity contribution >= 4 is 23.7 Å². The number of aldehydes is 1. The third-order valence-corrected chi connectivity index (χ3v) is 3.16. The largest absolute Gasteiger partial charge is 0.398 e. The second-order valence-corrected chi connectivity index (χ2v) is 4.47. The topological polar surface area (TPSA) is 43.1 Å². The summed E-state index contributed by atoms with van der Waals surface area (Å²) in [4.78, 5) is 12.8. The van der Waals surface area contributed by atoms with Gasteiger partial charge in [-0.15, -0.1) is 0 Å². The van der Waals surface area contributed by atoms with Crippen LogP contribution < -0.4 is 5.73 Å². The zero-order chi connectivity index (χ0) is 11.4. The van der Waals surface area contributed by atoms with Gasteiger partial charge in [-0.25, -0.2) is 0 Å². The summed E-state index contributed by atoms with van der Waals surface area (Å²) in [5.74, 6) is 0. The SMILES string of the molecule is Nc1cc(Sc2ccccc2)ccc1C=O. The van der Waals surface area contributed by atoms with E-state index in [1.54, 1.807) is 17.8 Å². The maximum absolute atomic E-state index is 10.6. The van der Waals surface area contributed by atoms with Crippen molar-refractivity contribution in [1.29, 1.82) is 0 Å². The fourth-order valence-electron chi connectivity index (χ4n) is 1.35. The lowest BCUT2D eigenvalue weighted by Crippen LogP contribution is -1.92. The van der Waals surface area contributed by atoms with Gasteiger partial charge in [-0.05, 0) is 30.3 Å². The average Bonchev–Trinajstić information content (AvgIpc) is 2.31. The Morgan fingerprint density at radius 3 is 2.38 bits per heavy atom. The van der Waals surface area contributed by atoms with Crippen LogP contribution >= 0.6 is 11.8 Å². The lowest BCUT2D eigenvalue weighted by molar-refractivity contribution is 0.112. The molecule has 2 nitrogen and oxygen atoms in total. The summed E-state index contributed by atoms with van der Waals surface area (Å²) in [6.07, 6.45) is 0.770. The van der Waals surface area contributed by atoms with Crippen LogP contribution in [0.4, 0.5) is 5.69 Å². The number of carbonyl (C=O) groups is 1.